The number of carbonyl (C=O) groups is 1. The number of fused-ring (bicyclic) bond motifs is 2. The molecule has 1 aromatic heterocycles. The Morgan fingerprint density at radius 3 is 2.54 bits per heavy atom. The monoisotopic (exact) mass is 388 g/mol. The summed E-state index contributed by atoms with van der Waals surface area (Å²) >= 11 is 7.62. The van der Waals surface area contributed by atoms with Crippen LogP contribution in [0.3, 0.4) is 0 Å². The van der Waals surface area contributed by atoms with Gasteiger partial charge in [0.1, 0.15) is 5.03 Å². The predicted molar refractivity (Wildman–Crippen MR) is 103 cm³/mol. The van der Waals surface area contributed by atoms with Gasteiger partial charge >= 0.3 is 0 Å². The molecule has 26 heavy (non-hydrogen) atoms. The minimum atomic E-state index is -0.0573. The summed E-state index contributed by atoms with van der Waals surface area (Å²) in [6.07, 6.45) is 4.48. The molecule has 0 saturated carbocycles. The molecule has 0 spiro atoms. The molecule has 3 heterocycles. The predicted octanol–water partition coefficient (Wildman–Crippen LogP) is 3.64. The van der Waals surface area contributed by atoms with E-state index < -0.39 is 0 Å². The molecule has 136 valence electrons. The SMILES string of the molecule is CN(C(=O)c1ccc(Sc2ccccc2Cl)nn1)C1CC2CCC(C1)N2. The lowest BCUT2D eigenvalue weighted by Gasteiger charge is -2.35. The molecule has 2 bridgehead atoms. The summed E-state index contributed by atoms with van der Waals surface area (Å²) in [5, 5.41) is 13.4. The third-order valence-electron chi connectivity index (χ3n) is 5.23. The Bertz CT molecular complexity index is 788. The van der Waals surface area contributed by atoms with Crippen LogP contribution in [0.25, 0.3) is 0 Å². The summed E-state index contributed by atoms with van der Waals surface area (Å²) < 4.78 is 0. The average molecular weight is 389 g/mol. The summed E-state index contributed by atoms with van der Waals surface area (Å²) in [7, 11) is 1.88. The van der Waals surface area contributed by atoms with Crippen LogP contribution in [0.1, 0.15) is 36.2 Å². The summed E-state index contributed by atoms with van der Waals surface area (Å²) in [6.45, 7) is 0. The number of rotatable bonds is 4. The second-order valence-corrected chi connectivity index (χ2v) is 8.44. The third-order valence-corrected chi connectivity index (χ3v) is 6.67. The summed E-state index contributed by atoms with van der Waals surface area (Å²) in [4.78, 5) is 15.5. The molecular weight excluding hydrogens is 368 g/mol. The van der Waals surface area contributed by atoms with E-state index in [2.05, 4.69) is 15.5 Å². The highest BCUT2D eigenvalue weighted by Crippen LogP contribution is 2.32. The second-order valence-electron chi connectivity index (χ2n) is 6.97. The van der Waals surface area contributed by atoms with E-state index in [0.29, 0.717) is 22.8 Å². The normalized spacial score (nSPS) is 24.5. The van der Waals surface area contributed by atoms with Crippen molar-refractivity contribution in [3.05, 3.63) is 47.1 Å². The molecule has 2 atom stereocenters. The number of piperidine rings is 1. The van der Waals surface area contributed by atoms with Crippen LogP contribution in [-0.4, -0.2) is 46.2 Å². The Morgan fingerprint density at radius 2 is 1.88 bits per heavy atom. The lowest BCUT2D eigenvalue weighted by Crippen LogP contribution is -2.48. The van der Waals surface area contributed by atoms with Crippen LogP contribution < -0.4 is 5.32 Å². The van der Waals surface area contributed by atoms with Gasteiger partial charge in [-0.25, -0.2) is 0 Å². The van der Waals surface area contributed by atoms with Gasteiger partial charge in [0.2, 0.25) is 0 Å². The number of nitrogens with one attached hydrogen (secondary N) is 1. The molecule has 2 aromatic rings. The Hall–Kier alpha value is -1.63. The van der Waals surface area contributed by atoms with Gasteiger partial charge in [-0.15, -0.1) is 10.2 Å². The highest BCUT2D eigenvalue weighted by molar-refractivity contribution is 7.99. The standard InChI is InChI=1S/C19H21ClN4OS/c1-24(14-10-12-6-7-13(11-14)21-12)19(25)16-8-9-18(23-22-16)26-17-5-3-2-4-15(17)20/h2-5,8-9,12-14,21H,6-7,10-11H2,1H3. The molecule has 7 heteroatoms. The first kappa shape index (κ1) is 17.8. The molecule has 2 unspecified atom stereocenters. The van der Waals surface area contributed by atoms with Crippen LogP contribution in [0, 0.1) is 0 Å². The molecule has 5 nitrogen and oxygen atoms in total. The van der Waals surface area contributed by atoms with E-state index in [1.54, 1.807) is 6.07 Å². The van der Waals surface area contributed by atoms with E-state index in [9.17, 15) is 4.79 Å². The average Bonchev–Trinajstić information content (AvgIpc) is 3.01. The van der Waals surface area contributed by atoms with Crippen LogP contribution in [0.5, 0.6) is 0 Å². The van der Waals surface area contributed by atoms with E-state index in [1.165, 1.54) is 24.6 Å². The quantitative estimate of drug-likeness (QED) is 0.866. The number of amides is 1. The number of hydrogen-bond acceptors (Lipinski definition) is 5. The molecule has 4 rings (SSSR count). The van der Waals surface area contributed by atoms with Crippen molar-refractivity contribution in [3.8, 4) is 0 Å². The van der Waals surface area contributed by atoms with Crippen molar-refractivity contribution in [2.75, 3.05) is 7.05 Å². The van der Waals surface area contributed by atoms with E-state index >= 15 is 0 Å². The van der Waals surface area contributed by atoms with Crippen molar-refractivity contribution in [2.45, 2.75) is 53.7 Å². The molecule has 0 radical (unpaired) electrons. The van der Waals surface area contributed by atoms with E-state index in [4.69, 9.17) is 11.6 Å². The molecule has 2 aliphatic heterocycles. The van der Waals surface area contributed by atoms with Gasteiger partial charge in [-0.2, -0.15) is 0 Å². The first-order valence-corrected chi connectivity index (χ1v) is 10.1. The van der Waals surface area contributed by atoms with Gasteiger partial charge in [0, 0.05) is 30.1 Å². The number of carbonyl (C=O) groups excluding carboxylic acids is 1. The van der Waals surface area contributed by atoms with Crippen molar-refractivity contribution < 1.29 is 4.79 Å². The number of benzene rings is 1. The highest BCUT2D eigenvalue weighted by atomic mass is 35.5. The fourth-order valence-electron chi connectivity index (χ4n) is 3.82. The van der Waals surface area contributed by atoms with Gasteiger partial charge < -0.3 is 10.2 Å². The lowest BCUT2D eigenvalue weighted by molar-refractivity contribution is 0.0674. The van der Waals surface area contributed by atoms with Crippen molar-refractivity contribution >= 4 is 29.3 Å². The number of halogens is 1. The maximum Gasteiger partial charge on any atom is 0.274 e. The van der Waals surface area contributed by atoms with Gasteiger partial charge in [0.15, 0.2) is 5.69 Å². The van der Waals surface area contributed by atoms with Gasteiger partial charge in [-0.3, -0.25) is 4.79 Å². The van der Waals surface area contributed by atoms with Crippen molar-refractivity contribution in [1.29, 1.82) is 0 Å². The zero-order valence-corrected chi connectivity index (χ0v) is 16.1. The molecule has 2 aliphatic rings. The Morgan fingerprint density at radius 1 is 1.15 bits per heavy atom. The first-order valence-electron chi connectivity index (χ1n) is 8.89. The van der Waals surface area contributed by atoms with Crippen molar-refractivity contribution in [1.82, 2.24) is 20.4 Å². The van der Waals surface area contributed by atoms with Gasteiger partial charge in [-0.05, 0) is 49.9 Å². The molecular formula is C19H21ClN4OS. The van der Waals surface area contributed by atoms with Crippen molar-refractivity contribution in [2.24, 2.45) is 0 Å². The fraction of sp³-hybridized carbons (Fsp3) is 0.421. The zero-order valence-electron chi connectivity index (χ0n) is 14.6. The molecule has 2 saturated heterocycles. The summed E-state index contributed by atoms with van der Waals surface area (Å²) in [6, 6.07) is 12.6. The second kappa shape index (κ2) is 7.55. The maximum absolute atomic E-state index is 12.8. The molecule has 1 N–H and O–H groups in total. The maximum atomic E-state index is 12.8. The number of hydrogen-bond donors (Lipinski definition) is 1. The number of nitrogens with zero attached hydrogens (tertiary/aromatic N) is 3. The molecule has 0 aliphatic carbocycles. The van der Waals surface area contributed by atoms with E-state index in [-0.39, 0.29) is 11.9 Å². The molecule has 1 amide bonds. The third kappa shape index (κ3) is 3.72. The van der Waals surface area contributed by atoms with Gasteiger partial charge in [-0.1, -0.05) is 35.5 Å². The van der Waals surface area contributed by atoms with E-state index in [0.717, 1.165) is 22.8 Å². The Kier molecular flexibility index (Phi) is 5.16. The van der Waals surface area contributed by atoms with Crippen LogP contribution in [0.15, 0.2) is 46.3 Å². The van der Waals surface area contributed by atoms with Crippen molar-refractivity contribution in [3.63, 3.8) is 0 Å². The topological polar surface area (TPSA) is 58.1 Å². The van der Waals surface area contributed by atoms with Crippen LogP contribution in [0.4, 0.5) is 0 Å². The Balaban J connectivity index is 1.43. The van der Waals surface area contributed by atoms with Crippen LogP contribution in [-0.2, 0) is 0 Å². The fourth-order valence-corrected chi connectivity index (χ4v) is 4.83. The Labute approximate surface area is 162 Å². The largest absolute Gasteiger partial charge is 0.337 e. The molecule has 2 fully saturated rings. The highest BCUT2D eigenvalue weighted by Gasteiger charge is 2.36. The van der Waals surface area contributed by atoms with Gasteiger partial charge in [0.05, 0.1) is 5.02 Å². The van der Waals surface area contributed by atoms with Crippen LogP contribution >= 0.6 is 23.4 Å². The first-order chi connectivity index (χ1) is 12.6. The van der Waals surface area contributed by atoms with Crippen LogP contribution in [0.2, 0.25) is 5.02 Å². The minimum absolute atomic E-state index is 0.0573. The summed E-state index contributed by atoms with van der Waals surface area (Å²) in [5.74, 6) is -0.0573. The molecule has 1 aromatic carbocycles. The van der Waals surface area contributed by atoms with E-state index in [1.807, 2.05) is 42.3 Å². The summed E-state index contributed by atoms with van der Waals surface area (Å²) in [5.41, 5.74) is 0.391. The smallest absolute Gasteiger partial charge is 0.274 e. The zero-order chi connectivity index (χ0) is 18.1. The van der Waals surface area contributed by atoms with Gasteiger partial charge in [0.25, 0.3) is 5.91 Å². The lowest BCUT2D eigenvalue weighted by atomic mass is 9.98. The minimum Gasteiger partial charge on any atom is -0.337 e. The number of aromatic nitrogens is 2.